The van der Waals surface area contributed by atoms with Crippen molar-refractivity contribution in [3.05, 3.63) is 77.9 Å². The Kier molecular flexibility index (Phi) is 5.84. The van der Waals surface area contributed by atoms with Gasteiger partial charge in [0.15, 0.2) is 5.78 Å². The molecule has 112 valence electrons. The molecular formula is C20H20O2. The number of carbonyl (C=O) groups excluding carboxylic acids is 2. The SMILES string of the molecule is CCC(=O)C(CC(=O)C=Cc1ccccc1)c1ccccc1. The lowest BCUT2D eigenvalue weighted by molar-refractivity contribution is -0.123. The number of benzene rings is 2. The molecule has 0 fully saturated rings. The first kappa shape index (κ1) is 15.9. The van der Waals surface area contributed by atoms with Crippen LogP contribution >= 0.6 is 0 Å². The number of ketones is 2. The van der Waals surface area contributed by atoms with Crippen LogP contribution in [0.5, 0.6) is 0 Å². The van der Waals surface area contributed by atoms with Crippen molar-refractivity contribution in [2.75, 3.05) is 0 Å². The molecule has 0 saturated heterocycles. The van der Waals surface area contributed by atoms with Crippen molar-refractivity contribution in [2.45, 2.75) is 25.7 Å². The van der Waals surface area contributed by atoms with Gasteiger partial charge in [0.25, 0.3) is 0 Å². The molecule has 0 N–H and O–H groups in total. The van der Waals surface area contributed by atoms with Gasteiger partial charge in [0, 0.05) is 18.8 Å². The van der Waals surface area contributed by atoms with E-state index in [1.165, 1.54) is 0 Å². The molecule has 0 heterocycles. The van der Waals surface area contributed by atoms with Crippen molar-refractivity contribution in [1.29, 1.82) is 0 Å². The van der Waals surface area contributed by atoms with E-state index in [9.17, 15) is 9.59 Å². The lowest BCUT2D eigenvalue weighted by Gasteiger charge is -2.13. The highest BCUT2D eigenvalue weighted by Crippen LogP contribution is 2.22. The normalized spacial score (nSPS) is 12.2. The summed E-state index contributed by atoms with van der Waals surface area (Å²) in [5.41, 5.74) is 1.89. The summed E-state index contributed by atoms with van der Waals surface area (Å²) in [5, 5.41) is 0. The van der Waals surface area contributed by atoms with E-state index in [2.05, 4.69) is 0 Å². The van der Waals surface area contributed by atoms with Crippen molar-refractivity contribution in [3.63, 3.8) is 0 Å². The molecule has 0 saturated carbocycles. The minimum Gasteiger partial charge on any atom is -0.299 e. The Morgan fingerprint density at radius 2 is 1.55 bits per heavy atom. The summed E-state index contributed by atoms with van der Waals surface area (Å²) in [6.45, 7) is 1.84. The Bertz CT molecular complexity index is 642. The van der Waals surface area contributed by atoms with Crippen molar-refractivity contribution in [3.8, 4) is 0 Å². The predicted octanol–water partition coefficient (Wildman–Crippen LogP) is 4.42. The molecule has 2 aromatic carbocycles. The maximum atomic E-state index is 12.2. The number of Topliss-reactive ketones (excluding diaryl/α,β-unsaturated/α-hetero) is 1. The van der Waals surface area contributed by atoms with Crippen LogP contribution < -0.4 is 0 Å². The van der Waals surface area contributed by atoms with Gasteiger partial charge in [-0.3, -0.25) is 9.59 Å². The fourth-order valence-corrected chi connectivity index (χ4v) is 2.37. The molecule has 22 heavy (non-hydrogen) atoms. The Balaban J connectivity index is 2.09. The van der Waals surface area contributed by atoms with Gasteiger partial charge < -0.3 is 0 Å². The average Bonchev–Trinajstić information content (AvgIpc) is 2.59. The average molecular weight is 292 g/mol. The van der Waals surface area contributed by atoms with Gasteiger partial charge in [-0.2, -0.15) is 0 Å². The maximum Gasteiger partial charge on any atom is 0.156 e. The van der Waals surface area contributed by atoms with E-state index in [0.717, 1.165) is 11.1 Å². The summed E-state index contributed by atoms with van der Waals surface area (Å²) >= 11 is 0. The van der Waals surface area contributed by atoms with Crippen LogP contribution in [0.1, 0.15) is 36.8 Å². The highest BCUT2D eigenvalue weighted by molar-refractivity contribution is 5.98. The van der Waals surface area contributed by atoms with Crippen molar-refractivity contribution in [2.24, 2.45) is 0 Å². The number of hydrogen-bond donors (Lipinski definition) is 0. The Morgan fingerprint density at radius 3 is 2.14 bits per heavy atom. The van der Waals surface area contributed by atoms with E-state index in [4.69, 9.17) is 0 Å². The lowest BCUT2D eigenvalue weighted by atomic mass is 9.88. The third kappa shape index (κ3) is 4.52. The van der Waals surface area contributed by atoms with Gasteiger partial charge in [0.2, 0.25) is 0 Å². The van der Waals surface area contributed by atoms with Crippen LogP contribution in [0.15, 0.2) is 66.7 Å². The molecule has 0 radical (unpaired) electrons. The largest absolute Gasteiger partial charge is 0.299 e. The zero-order valence-electron chi connectivity index (χ0n) is 12.7. The van der Waals surface area contributed by atoms with Crippen molar-refractivity contribution < 1.29 is 9.59 Å². The lowest BCUT2D eigenvalue weighted by Crippen LogP contribution is -2.15. The van der Waals surface area contributed by atoms with Crippen LogP contribution in [0.2, 0.25) is 0 Å². The smallest absolute Gasteiger partial charge is 0.156 e. The molecule has 1 unspecified atom stereocenters. The molecule has 0 aromatic heterocycles. The summed E-state index contributed by atoms with van der Waals surface area (Å²) in [6, 6.07) is 19.2. The van der Waals surface area contributed by atoms with Crippen LogP contribution in [0, 0.1) is 0 Å². The van der Waals surface area contributed by atoms with Gasteiger partial charge in [-0.25, -0.2) is 0 Å². The number of hydrogen-bond acceptors (Lipinski definition) is 2. The second-order valence-corrected chi connectivity index (χ2v) is 5.20. The highest BCUT2D eigenvalue weighted by Gasteiger charge is 2.21. The first-order chi connectivity index (χ1) is 10.7. The molecule has 2 aromatic rings. The number of carbonyl (C=O) groups is 2. The summed E-state index contributed by atoms with van der Waals surface area (Å²) in [6.07, 6.45) is 4.02. The molecular weight excluding hydrogens is 272 g/mol. The van der Waals surface area contributed by atoms with E-state index in [1.807, 2.05) is 67.6 Å². The van der Waals surface area contributed by atoms with E-state index in [-0.39, 0.29) is 23.9 Å². The van der Waals surface area contributed by atoms with E-state index in [0.29, 0.717) is 6.42 Å². The molecule has 0 aliphatic carbocycles. The maximum absolute atomic E-state index is 12.2. The molecule has 2 nitrogen and oxygen atoms in total. The second-order valence-electron chi connectivity index (χ2n) is 5.20. The van der Waals surface area contributed by atoms with Crippen LogP contribution in [0.3, 0.4) is 0 Å². The zero-order chi connectivity index (χ0) is 15.8. The Morgan fingerprint density at radius 1 is 0.955 bits per heavy atom. The molecule has 0 spiro atoms. The molecule has 0 bridgehead atoms. The molecule has 0 amide bonds. The monoisotopic (exact) mass is 292 g/mol. The minimum atomic E-state index is -0.348. The number of allylic oxidation sites excluding steroid dienone is 1. The van der Waals surface area contributed by atoms with E-state index < -0.39 is 0 Å². The third-order valence-corrected chi connectivity index (χ3v) is 3.61. The topological polar surface area (TPSA) is 34.1 Å². The van der Waals surface area contributed by atoms with Crippen molar-refractivity contribution in [1.82, 2.24) is 0 Å². The van der Waals surface area contributed by atoms with Gasteiger partial charge in [-0.1, -0.05) is 73.7 Å². The first-order valence-electron chi connectivity index (χ1n) is 7.54. The van der Waals surface area contributed by atoms with Crippen molar-refractivity contribution >= 4 is 17.6 Å². The molecule has 0 aliphatic rings. The summed E-state index contributed by atoms with van der Waals surface area (Å²) < 4.78 is 0. The van der Waals surface area contributed by atoms with E-state index >= 15 is 0 Å². The van der Waals surface area contributed by atoms with Crippen LogP contribution in [-0.2, 0) is 9.59 Å². The zero-order valence-corrected chi connectivity index (χ0v) is 12.7. The van der Waals surface area contributed by atoms with Gasteiger partial charge in [-0.15, -0.1) is 0 Å². The molecule has 2 heteroatoms. The highest BCUT2D eigenvalue weighted by atomic mass is 16.1. The van der Waals surface area contributed by atoms with Crippen LogP contribution in [0.4, 0.5) is 0 Å². The fraction of sp³-hybridized carbons (Fsp3) is 0.200. The van der Waals surface area contributed by atoms with Crippen LogP contribution in [0.25, 0.3) is 6.08 Å². The fourth-order valence-electron chi connectivity index (χ4n) is 2.37. The first-order valence-corrected chi connectivity index (χ1v) is 7.54. The van der Waals surface area contributed by atoms with E-state index in [1.54, 1.807) is 12.2 Å². The summed E-state index contributed by atoms with van der Waals surface area (Å²) in [4.78, 5) is 24.3. The Labute approximate surface area is 131 Å². The predicted molar refractivity (Wildman–Crippen MR) is 89.6 cm³/mol. The summed E-state index contributed by atoms with van der Waals surface area (Å²) in [5.74, 6) is -0.272. The quantitative estimate of drug-likeness (QED) is 0.708. The number of rotatable bonds is 7. The van der Waals surface area contributed by atoms with Gasteiger partial charge in [0.05, 0.1) is 0 Å². The molecule has 2 rings (SSSR count). The van der Waals surface area contributed by atoms with Crippen LogP contribution in [-0.4, -0.2) is 11.6 Å². The summed E-state index contributed by atoms with van der Waals surface area (Å²) in [7, 11) is 0. The van der Waals surface area contributed by atoms with Gasteiger partial charge in [-0.05, 0) is 17.2 Å². The Hall–Kier alpha value is -2.48. The minimum absolute atomic E-state index is 0.0282. The van der Waals surface area contributed by atoms with Gasteiger partial charge in [0.1, 0.15) is 5.78 Å². The molecule has 0 aliphatic heterocycles. The second kappa shape index (κ2) is 8.08. The third-order valence-electron chi connectivity index (χ3n) is 3.61. The van der Waals surface area contributed by atoms with Gasteiger partial charge >= 0.3 is 0 Å². The molecule has 1 atom stereocenters. The standard InChI is InChI=1S/C20H20O2/c1-2-20(22)19(17-11-7-4-8-12-17)15-18(21)14-13-16-9-5-3-6-10-16/h3-14,19H,2,15H2,1H3.